The van der Waals surface area contributed by atoms with E-state index in [0.29, 0.717) is 31.4 Å². The van der Waals surface area contributed by atoms with Crippen LogP contribution in [0.5, 0.6) is 0 Å². The number of amides is 6. The number of piperidine rings is 1. The second-order valence-corrected chi connectivity index (χ2v) is 15.9. The van der Waals surface area contributed by atoms with Gasteiger partial charge in [-0.3, -0.25) is 28.8 Å². The van der Waals surface area contributed by atoms with Gasteiger partial charge in [0.05, 0.1) is 12.6 Å². The Morgan fingerprint density at radius 2 is 1.62 bits per heavy atom. The maximum atomic E-state index is 14.2. The number of Topliss-reactive ketones (excluding diaryl/α,β-unsaturated/α-hetero) is 1. The van der Waals surface area contributed by atoms with Crippen molar-refractivity contribution in [3.8, 4) is 0 Å². The third-order valence-corrected chi connectivity index (χ3v) is 10.3. The molecule has 14 heteroatoms. The quantitative estimate of drug-likeness (QED) is 0.188. The molecule has 1 heterocycles. The Morgan fingerprint density at radius 3 is 2.17 bits per heavy atom. The minimum Gasteiger partial charge on any atom is -0.447 e. The van der Waals surface area contributed by atoms with Gasteiger partial charge in [0, 0.05) is 20.6 Å². The summed E-state index contributed by atoms with van der Waals surface area (Å²) in [6.45, 7) is 14.8. The zero-order valence-electron chi connectivity index (χ0n) is 32.3. The lowest BCUT2D eigenvalue weighted by atomic mass is 9.85. The highest BCUT2D eigenvalue weighted by Gasteiger charge is 2.70. The highest BCUT2D eigenvalue weighted by Crippen LogP contribution is 2.65. The Labute approximate surface area is 307 Å². The molecule has 1 aromatic carbocycles. The summed E-state index contributed by atoms with van der Waals surface area (Å²) in [6, 6.07) is 4.51. The van der Waals surface area contributed by atoms with E-state index in [0.717, 1.165) is 0 Å². The fourth-order valence-electron chi connectivity index (χ4n) is 6.79. The maximum absolute atomic E-state index is 14.2. The first-order valence-corrected chi connectivity index (χ1v) is 18.2. The minimum atomic E-state index is -1.21. The highest BCUT2D eigenvalue weighted by molar-refractivity contribution is 6.38. The van der Waals surface area contributed by atoms with Gasteiger partial charge in [-0.25, -0.2) is 4.79 Å². The monoisotopic (exact) mass is 726 g/mol. The minimum absolute atomic E-state index is 0.0329. The molecule has 7 atom stereocenters. The van der Waals surface area contributed by atoms with Crippen molar-refractivity contribution in [2.75, 3.05) is 27.2 Å². The standard InChI is InChI=1S/C38H58N6O8/c1-11-13-19-25(30(46)33(48)39-20-26(45)41-28(34(49)43(9)10)23-17-15-14-16-18-23)40-32(47)29-27-24(38(27,7)8)21-44(29)35(50)31(37(4,5)6)42-36(51)52-22(3)12-2/h14-18,22,24-25,27-29,31H,11-13,19-21H2,1-10H3,(H,39,48)(H,40,47)(H,41,45)(H,42,51)/t22?,24?,25?,27?,28-,29-,31+/m0/s1. The van der Waals surface area contributed by atoms with E-state index in [1.165, 1.54) is 9.80 Å². The van der Waals surface area contributed by atoms with E-state index < -0.39 is 71.6 Å². The number of nitrogens with one attached hydrogen (secondary N) is 4. The van der Waals surface area contributed by atoms with E-state index in [2.05, 4.69) is 21.3 Å². The number of hydrogen-bond donors (Lipinski definition) is 4. The van der Waals surface area contributed by atoms with E-state index in [9.17, 15) is 33.6 Å². The molecular formula is C38H58N6O8. The summed E-state index contributed by atoms with van der Waals surface area (Å²) in [4.78, 5) is 96.1. The molecule has 2 aliphatic rings. The lowest BCUT2D eigenvalue weighted by Crippen LogP contribution is -2.60. The number of fused-ring (bicyclic) bond motifs is 1. The molecule has 288 valence electrons. The van der Waals surface area contributed by atoms with Gasteiger partial charge in [-0.2, -0.15) is 0 Å². The SMILES string of the molecule is CCCCC(NC(=O)[C@@H]1C2C(CN1C(=O)[C@@H](NC(=O)OC(C)CC)C(C)(C)C)C2(C)C)C(=O)C(=O)NCC(=O)N[C@H](C(=O)N(C)C)c1ccccc1. The molecule has 4 unspecified atom stereocenters. The number of likely N-dealkylation sites (N-methyl/N-ethyl adjacent to an activating group) is 1. The van der Waals surface area contributed by atoms with E-state index in [1.807, 2.05) is 48.5 Å². The summed E-state index contributed by atoms with van der Waals surface area (Å²) < 4.78 is 5.39. The maximum Gasteiger partial charge on any atom is 0.408 e. The molecular weight excluding hydrogens is 668 g/mol. The number of alkyl carbamates (subject to hydrolysis) is 1. The fraction of sp³-hybridized carbons (Fsp3) is 0.658. The number of ketones is 1. The average Bonchev–Trinajstić information content (AvgIpc) is 3.39. The summed E-state index contributed by atoms with van der Waals surface area (Å²) >= 11 is 0. The van der Waals surface area contributed by atoms with Crippen molar-refractivity contribution in [2.45, 2.75) is 111 Å². The number of likely N-dealkylation sites (tertiary alicyclic amines) is 1. The van der Waals surface area contributed by atoms with Crippen LogP contribution in [0.15, 0.2) is 30.3 Å². The summed E-state index contributed by atoms with van der Waals surface area (Å²) in [6.07, 6.45) is 0.899. The molecule has 1 saturated heterocycles. The summed E-state index contributed by atoms with van der Waals surface area (Å²) in [7, 11) is 3.12. The van der Waals surface area contributed by atoms with Gasteiger partial charge in [-0.1, -0.05) is 91.6 Å². The number of nitrogens with zero attached hydrogens (tertiary/aromatic N) is 2. The fourth-order valence-corrected chi connectivity index (χ4v) is 6.79. The van der Waals surface area contributed by atoms with Crippen LogP contribution in [0.3, 0.4) is 0 Å². The van der Waals surface area contributed by atoms with Gasteiger partial charge < -0.3 is 35.8 Å². The first-order chi connectivity index (χ1) is 24.3. The topological polar surface area (TPSA) is 183 Å². The first-order valence-electron chi connectivity index (χ1n) is 18.2. The molecule has 1 aliphatic heterocycles. The lowest BCUT2D eigenvalue weighted by Gasteiger charge is -2.37. The van der Waals surface area contributed by atoms with Crippen LogP contribution < -0.4 is 21.3 Å². The van der Waals surface area contributed by atoms with E-state index in [4.69, 9.17) is 4.74 Å². The van der Waals surface area contributed by atoms with Crippen molar-refractivity contribution in [1.82, 2.24) is 31.1 Å². The number of unbranched alkanes of at least 4 members (excludes halogenated alkanes) is 1. The smallest absolute Gasteiger partial charge is 0.408 e. The van der Waals surface area contributed by atoms with Crippen LogP contribution in [0.1, 0.15) is 92.7 Å². The highest BCUT2D eigenvalue weighted by atomic mass is 16.6. The molecule has 0 bridgehead atoms. The van der Waals surface area contributed by atoms with Crippen molar-refractivity contribution >= 4 is 41.4 Å². The second kappa shape index (κ2) is 17.4. The van der Waals surface area contributed by atoms with Crippen LogP contribution in [0.4, 0.5) is 4.79 Å². The molecule has 52 heavy (non-hydrogen) atoms. The van der Waals surface area contributed by atoms with E-state index in [-0.39, 0.29) is 35.7 Å². The molecule has 0 spiro atoms. The number of benzene rings is 1. The number of hydrogen-bond acceptors (Lipinski definition) is 8. The second-order valence-electron chi connectivity index (χ2n) is 15.9. The Kier molecular flexibility index (Phi) is 14.0. The molecule has 0 aromatic heterocycles. The Morgan fingerprint density at radius 1 is 0.981 bits per heavy atom. The molecule has 2 fully saturated rings. The number of carbonyl (C=O) groups excluding carboxylic acids is 7. The van der Waals surface area contributed by atoms with Crippen LogP contribution in [-0.2, 0) is 33.5 Å². The van der Waals surface area contributed by atoms with E-state index >= 15 is 0 Å². The van der Waals surface area contributed by atoms with Gasteiger partial charge in [0.15, 0.2) is 0 Å². The molecule has 1 aromatic rings. The average molecular weight is 727 g/mol. The Hall–Kier alpha value is -4.49. The van der Waals surface area contributed by atoms with Crippen molar-refractivity contribution in [2.24, 2.45) is 22.7 Å². The molecule has 14 nitrogen and oxygen atoms in total. The summed E-state index contributed by atoms with van der Waals surface area (Å²) in [5, 5.41) is 10.4. The van der Waals surface area contributed by atoms with Gasteiger partial charge in [0.25, 0.3) is 5.91 Å². The summed E-state index contributed by atoms with van der Waals surface area (Å²) in [5.74, 6) is -4.20. The number of carbonyl (C=O) groups is 7. The van der Waals surface area contributed by atoms with Gasteiger partial charge in [-0.15, -0.1) is 0 Å². The third-order valence-electron chi connectivity index (χ3n) is 10.3. The van der Waals surface area contributed by atoms with Crippen LogP contribution >= 0.6 is 0 Å². The van der Waals surface area contributed by atoms with E-state index in [1.54, 1.807) is 51.4 Å². The normalized spacial score (nSPS) is 21.0. The van der Waals surface area contributed by atoms with Gasteiger partial charge in [-0.05, 0) is 48.0 Å². The van der Waals surface area contributed by atoms with Crippen LogP contribution in [-0.4, -0.2) is 103 Å². The largest absolute Gasteiger partial charge is 0.447 e. The van der Waals surface area contributed by atoms with Crippen LogP contribution in [0.2, 0.25) is 0 Å². The third kappa shape index (κ3) is 10.1. The van der Waals surface area contributed by atoms with Gasteiger partial charge in [0.2, 0.25) is 29.4 Å². The first kappa shape index (κ1) is 41.9. The molecule has 1 saturated carbocycles. The number of rotatable bonds is 16. The Bertz CT molecular complexity index is 1490. The van der Waals surface area contributed by atoms with Crippen molar-refractivity contribution in [1.29, 1.82) is 0 Å². The molecule has 1 aliphatic carbocycles. The predicted octanol–water partition coefficient (Wildman–Crippen LogP) is 2.71. The van der Waals surface area contributed by atoms with Crippen LogP contribution in [0, 0.1) is 22.7 Å². The number of ether oxygens (including phenoxy) is 1. The molecule has 6 amide bonds. The lowest BCUT2D eigenvalue weighted by molar-refractivity contribution is -0.145. The molecule has 4 N–H and O–H groups in total. The van der Waals surface area contributed by atoms with Gasteiger partial charge in [0.1, 0.15) is 24.2 Å². The van der Waals surface area contributed by atoms with Crippen molar-refractivity contribution in [3.63, 3.8) is 0 Å². The van der Waals surface area contributed by atoms with Crippen molar-refractivity contribution < 1.29 is 38.3 Å². The van der Waals surface area contributed by atoms with Crippen molar-refractivity contribution in [3.05, 3.63) is 35.9 Å². The zero-order chi connectivity index (χ0) is 39.1. The predicted molar refractivity (Wildman–Crippen MR) is 194 cm³/mol. The molecule has 0 radical (unpaired) electrons. The summed E-state index contributed by atoms with van der Waals surface area (Å²) in [5.41, 5.74) is -0.409. The molecule has 3 rings (SSSR count). The zero-order valence-corrected chi connectivity index (χ0v) is 32.3. The van der Waals surface area contributed by atoms with Gasteiger partial charge >= 0.3 is 6.09 Å². The van der Waals surface area contributed by atoms with Crippen LogP contribution in [0.25, 0.3) is 0 Å². The Balaban J connectivity index is 1.75.